The largest absolute Gasteiger partial charge is 0.376 e. The van der Waals surface area contributed by atoms with Crippen molar-refractivity contribution in [1.82, 2.24) is 9.55 Å². The number of aryl methyl sites for hydroxylation is 2. The highest BCUT2D eigenvalue weighted by atomic mass is 35.5. The summed E-state index contributed by atoms with van der Waals surface area (Å²) in [6, 6.07) is 4.72. The van der Waals surface area contributed by atoms with Crippen LogP contribution in [0.15, 0.2) is 12.1 Å². The lowest BCUT2D eigenvalue weighted by Gasteiger charge is -2.19. The maximum absolute atomic E-state index is 6.09. The van der Waals surface area contributed by atoms with E-state index in [9.17, 15) is 0 Å². The maximum atomic E-state index is 6.09. The van der Waals surface area contributed by atoms with Crippen molar-refractivity contribution >= 4 is 22.6 Å². The number of benzene rings is 1. The number of rotatable bonds is 2. The van der Waals surface area contributed by atoms with Crippen molar-refractivity contribution in [3.63, 3.8) is 0 Å². The molecule has 19 heavy (non-hydrogen) atoms. The van der Waals surface area contributed by atoms with Crippen LogP contribution in [0.3, 0.4) is 0 Å². The van der Waals surface area contributed by atoms with Crippen LogP contribution in [-0.2, 0) is 10.6 Å². The summed E-state index contributed by atoms with van der Waals surface area (Å²) in [6.07, 6.45) is 1.25. The summed E-state index contributed by atoms with van der Waals surface area (Å²) in [6.45, 7) is 7.21. The molecule has 4 heteroatoms. The van der Waals surface area contributed by atoms with E-state index in [0.29, 0.717) is 11.9 Å². The molecular weight excluding hydrogens is 260 g/mol. The van der Waals surface area contributed by atoms with Crippen molar-refractivity contribution in [1.29, 1.82) is 0 Å². The summed E-state index contributed by atoms with van der Waals surface area (Å²) < 4.78 is 7.98. The van der Waals surface area contributed by atoms with Gasteiger partial charge < -0.3 is 9.30 Å². The fourth-order valence-electron chi connectivity index (χ4n) is 2.92. The number of aromatic nitrogens is 2. The molecule has 3 nitrogen and oxygen atoms in total. The Hall–Kier alpha value is -1.06. The highest BCUT2D eigenvalue weighted by Gasteiger charge is 2.29. The van der Waals surface area contributed by atoms with E-state index in [1.807, 2.05) is 0 Å². The molecular formula is C15H19ClN2O. The van der Waals surface area contributed by atoms with Gasteiger partial charge in [-0.25, -0.2) is 4.98 Å². The van der Waals surface area contributed by atoms with Gasteiger partial charge in [-0.1, -0.05) is 0 Å². The number of nitrogens with zero attached hydrogens (tertiary/aromatic N) is 2. The van der Waals surface area contributed by atoms with Gasteiger partial charge in [0.25, 0.3) is 0 Å². The quantitative estimate of drug-likeness (QED) is 0.783. The number of hydrogen-bond donors (Lipinski definition) is 0. The second-order valence-corrected chi connectivity index (χ2v) is 5.66. The molecule has 0 N–H and O–H groups in total. The number of alkyl halides is 1. The molecule has 1 aliphatic heterocycles. The average Bonchev–Trinajstić information content (AvgIpc) is 2.93. The molecule has 1 saturated heterocycles. The molecule has 0 saturated carbocycles. The fraction of sp³-hybridized carbons (Fsp3) is 0.533. The normalized spacial score (nSPS) is 23.4. The van der Waals surface area contributed by atoms with E-state index in [1.165, 1.54) is 16.6 Å². The summed E-state index contributed by atoms with van der Waals surface area (Å²) in [5, 5.41) is 0. The third-order valence-electron chi connectivity index (χ3n) is 4.17. The number of halogens is 1. The zero-order valence-electron chi connectivity index (χ0n) is 11.6. The van der Waals surface area contributed by atoms with Crippen LogP contribution < -0.4 is 0 Å². The molecule has 0 radical (unpaired) electrons. The predicted octanol–water partition coefficient (Wildman–Crippen LogP) is 3.74. The van der Waals surface area contributed by atoms with E-state index >= 15 is 0 Å². The Bertz CT molecular complexity index is 620. The zero-order valence-corrected chi connectivity index (χ0v) is 12.4. The minimum absolute atomic E-state index is 0.223. The smallest absolute Gasteiger partial charge is 0.125 e. The molecule has 1 aromatic carbocycles. The second-order valence-electron chi connectivity index (χ2n) is 5.39. The topological polar surface area (TPSA) is 27.1 Å². The van der Waals surface area contributed by atoms with Crippen LogP contribution >= 0.6 is 11.6 Å². The number of ether oxygens (including phenoxy) is 1. The van der Waals surface area contributed by atoms with Gasteiger partial charge in [0.1, 0.15) is 5.82 Å². The Morgan fingerprint density at radius 3 is 2.74 bits per heavy atom. The summed E-state index contributed by atoms with van der Waals surface area (Å²) in [7, 11) is 0. The zero-order chi connectivity index (χ0) is 13.6. The van der Waals surface area contributed by atoms with E-state index < -0.39 is 0 Å². The minimum atomic E-state index is 0.223. The first-order chi connectivity index (χ1) is 9.11. The van der Waals surface area contributed by atoms with Gasteiger partial charge in [-0.15, -0.1) is 11.6 Å². The first kappa shape index (κ1) is 12.9. The lowest BCUT2D eigenvalue weighted by atomic mass is 10.1. The number of imidazole rings is 1. The monoisotopic (exact) mass is 278 g/mol. The molecule has 0 aliphatic carbocycles. The molecule has 2 aromatic rings. The summed E-state index contributed by atoms with van der Waals surface area (Å²) in [4.78, 5) is 4.69. The van der Waals surface area contributed by atoms with Crippen LogP contribution in [0.4, 0.5) is 0 Å². The van der Waals surface area contributed by atoms with Crippen LogP contribution in [0.25, 0.3) is 11.0 Å². The minimum Gasteiger partial charge on any atom is -0.376 e. The van der Waals surface area contributed by atoms with Crippen molar-refractivity contribution in [3.8, 4) is 0 Å². The molecule has 102 valence electrons. The van der Waals surface area contributed by atoms with Crippen LogP contribution in [0.1, 0.15) is 36.3 Å². The van der Waals surface area contributed by atoms with Crippen LogP contribution in [-0.4, -0.2) is 22.3 Å². The summed E-state index contributed by atoms with van der Waals surface area (Å²) in [5.41, 5.74) is 4.79. The van der Waals surface area contributed by atoms with Gasteiger partial charge >= 0.3 is 0 Å². The van der Waals surface area contributed by atoms with Gasteiger partial charge in [0.2, 0.25) is 0 Å². The van der Waals surface area contributed by atoms with Crippen molar-refractivity contribution in [2.24, 2.45) is 0 Å². The molecule has 1 fully saturated rings. The maximum Gasteiger partial charge on any atom is 0.125 e. The van der Waals surface area contributed by atoms with Crippen molar-refractivity contribution in [2.45, 2.75) is 45.2 Å². The third kappa shape index (κ3) is 2.05. The van der Waals surface area contributed by atoms with Gasteiger partial charge in [0, 0.05) is 6.61 Å². The molecule has 2 atom stereocenters. The van der Waals surface area contributed by atoms with E-state index in [2.05, 4.69) is 42.5 Å². The number of hydrogen-bond acceptors (Lipinski definition) is 2. The Morgan fingerprint density at radius 2 is 2.11 bits per heavy atom. The molecule has 0 bridgehead atoms. The van der Waals surface area contributed by atoms with E-state index in [4.69, 9.17) is 16.3 Å². The Kier molecular flexibility index (Phi) is 3.27. The van der Waals surface area contributed by atoms with Gasteiger partial charge in [0.05, 0.1) is 29.1 Å². The Morgan fingerprint density at radius 1 is 1.37 bits per heavy atom. The fourth-order valence-corrected chi connectivity index (χ4v) is 3.11. The second kappa shape index (κ2) is 4.80. The standard InChI is InChI=1S/C15H19ClN2O/c1-9-6-12-14(7-10(9)2)18(15(8-16)17-12)13-4-5-19-11(13)3/h6-7,11,13H,4-5,8H2,1-3H3. The molecule has 1 aromatic heterocycles. The molecule has 2 heterocycles. The van der Waals surface area contributed by atoms with Gasteiger partial charge in [-0.05, 0) is 50.5 Å². The highest BCUT2D eigenvalue weighted by Crippen LogP contribution is 2.32. The van der Waals surface area contributed by atoms with Gasteiger partial charge in [0.15, 0.2) is 0 Å². The lowest BCUT2D eigenvalue weighted by Crippen LogP contribution is -2.18. The van der Waals surface area contributed by atoms with Gasteiger partial charge in [-0.3, -0.25) is 0 Å². The van der Waals surface area contributed by atoms with Crippen LogP contribution in [0.2, 0.25) is 0 Å². The lowest BCUT2D eigenvalue weighted by molar-refractivity contribution is 0.108. The molecule has 0 spiro atoms. The summed E-state index contributed by atoms with van der Waals surface area (Å²) in [5.74, 6) is 1.39. The van der Waals surface area contributed by atoms with E-state index in [-0.39, 0.29) is 6.10 Å². The van der Waals surface area contributed by atoms with Crippen molar-refractivity contribution in [3.05, 3.63) is 29.1 Å². The van der Waals surface area contributed by atoms with E-state index in [1.54, 1.807) is 0 Å². The van der Waals surface area contributed by atoms with E-state index in [0.717, 1.165) is 24.4 Å². The van der Waals surface area contributed by atoms with Crippen LogP contribution in [0, 0.1) is 13.8 Å². The first-order valence-electron chi connectivity index (χ1n) is 6.77. The Balaban J connectivity index is 2.23. The predicted molar refractivity (Wildman–Crippen MR) is 77.8 cm³/mol. The molecule has 0 amide bonds. The molecule has 2 unspecified atom stereocenters. The first-order valence-corrected chi connectivity index (χ1v) is 7.31. The SMILES string of the molecule is Cc1cc2nc(CCl)n(C3CCOC3C)c2cc1C. The van der Waals surface area contributed by atoms with Crippen molar-refractivity contribution in [2.75, 3.05) is 6.61 Å². The average molecular weight is 279 g/mol. The van der Waals surface area contributed by atoms with Crippen molar-refractivity contribution < 1.29 is 4.74 Å². The Labute approximate surface area is 118 Å². The van der Waals surface area contributed by atoms with Crippen LogP contribution in [0.5, 0.6) is 0 Å². The summed E-state index contributed by atoms with van der Waals surface area (Å²) >= 11 is 6.09. The number of fused-ring (bicyclic) bond motifs is 1. The third-order valence-corrected chi connectivity index (χ3v) is 4.40. The molecule has 3 rings (SSSR count). The highest BCUT2D eigenvalue weighted by molar-refractivity contribution is 6.16. The molecule has 1 aliphatic rings. The van der Waals surface area contributed by atoms with Gasteiger partial charge in [-0.2, -0.15) is 0 Å².